The van der Waals surface area contributed by atoms with Crippen LogP contribution in [0, 0.1) is 0 Å². The molecule has 2 heterocycles. The summed E-state index contributed by atoms with van der Waals surface area (Å²) in [6.07, 6.45) is -0.588. The number of methoxy groups -OCH3 is 1. The molecule has 0 unspecified atom stereocenters. The fourth-order valence-corrected chi connectivity index (χ4v) is 3.10. The normalized spacial score (nSPS) is 22.5. The van der Waals surface area contributed by atoms with E-state index in [0.717, 1.165) is 11.1 Å². The third-order valence-corrected chi connectivity index (χ3v) is 4.25. The molecule has 6 heteroatoms. The topological polar surface area (TPSA) is 66.4 Å². The molecule has 0 aliphatic carbocycles. The van der Waals surface area contributed by atoms with Crippen LogP contribution in [0.4, 0.5) is 0 Å². The van der Waals surface area contributed by atoms with E-state index in [1.807, 2.05) is 62.4 Å². The highest BCUT2D eigenvalue weighted by Gasteiger charge is 2.40. The molecule has 0 saturated heterocycles. The van der Waals surface area contributed by atoms with Crippen LogP contribution >= 0.6 is 0 Å². The zero-order chi connectivity index (χ0) is 18.3. The standard InChI is InChI=1S/C20H19NO5/c1-20(2)25-14-10-9-13(11-15(14)26-20)17-16(19(22)23-3)21-18(24-17)12-7-5-4-6-8-12/h4-11,16-17H,1-3H3/t16-,17+/m0/s1. The van der Waals surface area contributed by atoms with E-state index in [4.69, 9.17) is 18.9 Å². The van der Waals surface area contributed by atoms with Gasteiger partial charge in [-0.2, -0.15) is 0 Å². The van der Waals surface area contributed by atoms with Crippen molar-refractivity contribution >= 4 is 11.9 Å². The van der Waals surface area contributed by atoms with Crippen LogP contribution in [0.15, 0.2) is 53.5 Å². The van der Waals surface area contributed by atoms with Crippen molar-refractivity contribution in [2.75, 3.05) is 7.11 Å². The highest BCUT2D eigenvalue weighted by atomic mass is 16.7. The molecular weight excluding hydrogens is 334 g/mol. The first-order chi connectivity index (χ1) is 12.5. The summed E-state index contributed by atoms with van der Waals surface area (Å²) in [6.45, 7) is 3.68. The Labute approximate surface area is 151 Å². The van der Waals surface area contributed by atoms with E-state index < -0.39 is 23.9 Å². The van der Waals surface area contributed by atoms with Crippen LogP contribution in [-0.4, -0.2) is 30.8 Å². The number of esters is 1. The molecule has 0 N–H and O–H groups in total. The minimum absolute atomic E-state index is 0.420. The molecular formula is C20H19NO5. The maximum atomic E-state index is 12.2. The van der Waals surface area contributed by atoms with Gasteiger partial charge < -0.3 is 18.9 Å². The highest BCUT2D eigenvalue weighted by molar-refractivity contribution is 5.98. The summed E-state index contributed by atoms with van der Waals surface area (Å²) in [5.41, 5.74) is 1.58. The van der Waals surface area contributed by atoms with Crippen molar-refractivity contribution in [1.82, 2.24) is 0 Å². The van der Waals surface area contributed by atoms with E-state index in [0.29, 0.717) is 17.4 Å². The van der Waals surface area contributed by atoms with E-state index >= 15 is 0 Å². The molecule has 0 aromatic heterocycles. The lowest BCUT2D eigenvalue weighted by Gasteiger charge is -2.17. The van der Waals surface area contributed by atoms with Crippen molar-refractivity contribution in [3.05, 3.63) is 59.7 Å². The number of ether oxygens (including phenoxy) is 4. The summed E-state index contributed by atoms with van der Waals surface area (Å²) in [6, 6.07) is 14.2. The average Bonchev–Trinajstić information content (AvgIpc) is 3.20. The van der Waals surface area contributed by atoms with Gasteiger partial charge in [-0.05, 0) is 29.8 Å². The predicted molar refractivity (Wildman–Crippen MR) is 94.4 cm³/mol. The van der Waals surface area contributed by atoms with Gasteiger partial charge in [0.05, 0.1) is 7.11 Å². The van der Waals surface area contributed by atoms with Crippen LogP contribution in [0.25, 0.3) is 0 Å². The Balaban J connectivity index is 1.67. The van der Waals surface area contributed by atoms with Gasteiger partial charge in [0.2, 0.25) is 11.7 Å². The van der Waals surface area contributed by atoms with Crippen molar-refractivity contribution in [2.24, 2.45) is 4.99 Å². The highest BCUT2D eigenvalue weighted by Crippen LogP contribution is 2.42. The fraction of sp³-hybridized carbons (Fsp3) is 0.300. The molecule has 0 radical (unpaired) electrons. The maximum Gasteiger partial charge on any atom is 0.335 e. The first kappa shape index (κ1) is 16.4. The van der Waals surface area contributed by atoms with Crippen LogP contribution in [0.1, 0.15) is 31.1 Å². The van der Waals surface area contributed by atoms with E-state index in [2.05, 4.69) is 4.99 Å². The Kier molecular flexibility index (Phi) is 3.83. The molecule has 2 aromatic rings. The van der Waals surface area contributed by atoms with E-state index in [1.165, 1.54) is 7.11 Å². The lowest BCUT2D eigenvalue weighted by Crippen LogP contribution is -2.29. The molecule has 2 atom stereocenters. The minimum Gasteiger partial charge on any atom is -0.467 e. The average molecular weight is 353 g/mol. The number of carbonyl (C=O) groups is 1. The number of hydrogen-bond donors (Lipinski definition) is 0. The SMILES string of the molecule is COC(=O)[C@H]1N=C(c2ccccc2)O[C@@H]1c1ccc2c(c1)OC(C)(C)O2. The zero-order valence-electron chi connectivity index (χ0n) is 14.8. The lowest BCUT2D eigenvalue weighted by atomic mass is 10.0. The quantitative estimate of drug-likeness (QED) is 0.793. The Morgan fingerprint density at radius 1 is 1.08 bits per heavy atom. The second kappa shape index (κ2) is 6.05. The van der Waals surface area contributed by atoms with Crippen LogP contribution in [0.5, 0.6) is 11.5 Å². The molecule has 0 fully saturated rings. The number of rotatable bonds is 3. The van der Waals surface area contributed by atoms with Crippen molar-refractivity contribution in [1.29, 1.82) is 0 Å². The molecule has 0 bridgehead atoms. The van der Waals surface area contributed by atoms with Crippen LogP contribution < -0.4 is 9.47 Å². The molecule has 2 aliphatic heterocycles. The third-order valence-electron chi connectivity index (χ3n) is 4.25. The molecule has 6 nitrogen and oxygen atoms in total. The molecule has 26 heavy (non-hydrogen) atoms. The maximum absolute atomic E-state index is 12.2. The molecule has 0 amide bonds. The van der Waals surface area contributed by atoms with Crippen LogP contribution in [0.2, 0.25) is 0 Å². The largest absolute Gasteiger partial charge is 0.467 e. The van der Waals surface area contributed by atoms with Gasteiger partial charge in [0, 0.05) is 19.4 Å². The summed E-state index contributed by atoms with van der Waals surface area (Å²) in [5.74, 6) is 0.539. The Morgan fingerprint density at radius 3 is 2.54 bits per heavy atom. The summed E-state index contributed by atoms with van der Waals surface area (Å²) >= 11 is 0. The first-order valence-electron chi connectivity index (χ1n) is 8.36. The van der Waals surface area contributed by atoms with Gasteiger partial charge in [-0.25, -0.2) is 9.79 Å². The zero-order valence-corrected chi connectivity index (χ0v) is 14.8. The first-order valence-corrected chi connectivity index (χ1v) is 8.36. The fourth-order valence-electron chi connectivity index (χ4n) is 3.10. The second-order valence-electron chi connectivity index (χ2n) is 6.62. The number of nitrogens with zero attached hydrogens (tertiary/aromatic N) is 1. The minimum atomic E-state index is -0.774. The number of hydrogen-bond acceptors (Lipinski definition) is 6. The Bertz CT molecular complexity index is 875. The summed E-state index contributed by atoms with van der Waals surface area (Å²) in [4.78, 5) is 16.7. The van der Waals surface area contributed by atoms with Crippen LogP contribution in [0.3, 0.4) is 0 Å². The molecule has 4 rings (SSSR count). The van der Waals surface area contributed by atoms with Gasteiger partial charge in [0.15, 0.2) is 23.6 Å². The molecule has 2 aliphatic rings. The summed E-state index contributed by atoms with van der Waals surface area (Å²) in [5, 5.41) is 0. The lowest BCUT2D eigenvalue weighted by molar-refractivity contribution is -0.143. The third kappa shape index (κ3) is 2.87. The van der Waals surface area contributed by atoms with E-state index in [9.17, 15) is 4.79 Å². The van der Waals surface area contributed by atoms with Crippen molar-refractivity contribution in [2.45, 2.75) is 31.8 Å². The second-order valence-corrected chi connectivity index (χ2v) is 6.62. The number of aliphatic imine (C=N–C) groups is 1. The van der Waals surface area contributed by atoms with Crippen molar-refractivity contribution in [3.8, 4) is 11.5 Å². The predicted octanol–water partition coefficient (Wildman–Crippen LogP) is 3.25. The van der Waals surface area contributed by atoms with Crippen molar-refractivity contribution < 1.29 is 23.7 Å². The number of benzene rings is 2. The molecule has 134 valence electrons. The van der Waals surface area contributed by atoms with Gasteiger partial charge in [0.25, 0.3) is 0 Å². The van der Waals surface area contributed by atoms with Crippen molar-refractivity contribution in [3.63, 3.8) is 0 Å². The Morgan fingerprint density at radius 2 is 1.81 bits per heavy atom. The molecule has 0 saturated carbocycles. The van der Waals surface area contributed by atoms with Gasteiger partial charge in [-0.3, -0.25) is 0 Å². The molecule has 2 aromatic carbocycles. The van der Waals surface area contributed by atoms with E-state index in [1.54, 1.807) is 0 Å². The van der Waals surface area contributed by atoms with E-state index in [-0.39, 0.29) is 0 Å². The van der Waals surface area contributed by atoms with Gasteiger partial charge in [-0.15, -0.1) is 0 Å². The summed E-state index contributed by atoms with van der Waals surface area (Å²) in [7, 11) is 1.34. The van der Waals surface area contributed by atoms with Gasteiger partial charge in [-0.1, -0.05) is 24.3 Å². The smallest absolute Gasteiger partial charge is 0.335 e. The summed E-state index contributed by atoms with van der Waals surface area (Å²) < 4.78 is 22.5. The molecule has 0 spiro atoms. The number of carbonyl (C=O) groups excluding carboxylic acids is 1. The van der Waals surface area contributed by atoms with Gasteiger partial charge >= 0.3 is 5.97 Å². The van der Waals surface area contributed by atoms with Crippen LogP contribution in [-0.2, 0) is 14.3 Å². The van der Waals surface area contributed by atoms with Gasteiger partial charge in [0.1, 0.15) is 0 Å². The number of fused-ring (bicyclic) bond motifs is 1. The monoisotopic (exact) mass is 353 g/mol. The Hall–Kier alpha value is -3.02.